The Morgan fingerprint density at radius 3 is 2.59 bits per heavy atom. The lowest BCUT2D eigenvalue weighted by Gasteiger charge is -2.28. The van der Waals surface area contributed by atoms with Crippen LogP contribution in [0.2, 0.25) is 5.02 Å². The molecule has 0 bridgehead atoms. The Morgan fingerprint density at radius 2 is 2.00 bits per heavy atom. The molecule has 0 unspecified atom stereocenters. The SMILES string of the molecule is C[C@H](COc1ccc(-c2ccnc(C(F)(F)F)n2)cc1Cl)CC(C)(C)NC(=O)O. The van der Waals surface area contributed by atoms with Crippen molar-refractivity contribution in [2.75, 3.05) is 6.61 Å². The first-order valence-electron chi connectivity index (χ1n) is 8.71. The molecule has 29 heavy (non-hydrogen) atoms. The van der Waals surface area contributed by atoms with Gasteiger partial charge in [0.15, 0.2) is 0 Å². The number of hydrogen-bond acceptors (Lipinski definition) is 4. The zero-order valence-corrected chi connectivity index (χ0v) is 16.8. The molecule has 1 heterocycles. The number of nitrogens with zero attached hydrogens (tertiary/aromatic N) is 2. The number of ether oxygens (including phenoxy) is 1. The molecule has 0 fully saturated rings. The Hall–Kier alpha value is -2.55. The third-order valence-corrected chi connectivity index (χ3v) is 4.26. The monoisotopic (exact) mass is 431 g/mol. The molecule has 2 rings (SSSR count). The van der Waals surface area contributed by atoms with E-state index >= 15 is 0 Å². The minimum atomic E-state index is -4.64. The number of alkyl halides is 3. The standard InChI is InChI=1S/C19H21ClF3N3O3/c1-11(9-18(2,3)26-17(27)28)10-29-15-5-4-12(8-13(15)20)14-6-7-24-16(25-14)19(21,22)23/h4-8,11,26H,9-10H2,1-3H3,(H,27,28)/t11-/m0/s1. The highest BCUT2D eigenvalue weighted by Crippen LogP contribution is 2.32. The molecule has 1 atom stereocenters. The number of halogens is 4. The lowest BCUT2D eigenvalue weighted by atomic mass is 9.92. The molecular weight excluding hydrogens is 411 g/mol. The van der Waals surface area contributed by atoms with Crippen LogP contribution in [-0.2, 0) is 6.18 Å². The predicted molar refractivity (Wildman–Crippen MR) is 102 cm³/mol. The maximum Gasteiger partial charge on any atom is 0.451 e. The smallest absolute Gasteiger partial charge is 0.451 e. The normalized spacial score (nSPS) is 13.1. The minimum absolute atomic E-state index is 0.0174. The Bertz CT molecular complexity index is 875. The number of carboxylic acid groups (broad SMARTS) is 1. The van der Waals surface area contributed by atoms with Gasteiger partial charge >= 0.3 is 12.3 Å². The van der Waals surface area contributed by atoms with E-state index in [4.69, 9.17) is 21.4 Å². The van der Waals surface area contributed by atoms with Crippen LogP contribution >= 0.6 is 11.6 Å². The summed E-state index contributed by atoms with van der Waals surface area (Å²) in [5.41, 5.74) is -0.128. The van der Waals surface area contributed by atoms with E-state index in [1.165, 1.54) is 12.1 Å². The molecule has 0 spiro atoms. The van der Waals surface area contributed by atoms with Crippen LogP contribution in [0.1, 0.15) is 33.0 Å². The molecule has 0 saturated heterocycles. The van der Waals surface area contributed by atoms with Crippen molar-refractivity contribution in [1.82, 2.24) is 15.3 Å². The maximum atomic E-state index is 12.8. The van der Waals surface area contributed by atoms with Gasteiger partial charge in [-0.15, -0.1) is 0 Å². The van der Waals surface area contributed by atoms with Gasteiger partial charge < -0.3 is 15.2 Å². The van der Waals surface area contributed by atoms with Crippen molar-refractivity contribution in [2.24, 2.45) is 5.92 Å². The lowest BCUT2D eigenvalue weighted by Crippen LogP contribution is -2.44. The van der Waals surface area contributed by atoms with Crippen LogP contribution in [0.4, 0.5) is 18.0 Å². The first-order chi connectivity index (χ1) is 13.4. The highest BCUT2D eigenvalue weighted by Gasteiger charge is 2.34. The Labute approximate surface area is 171 Å². The van der Waals surface area contributed by atoms with Gasteiger partial charge in [-0.2, -0.15) is 13.2 Å². The van der Waals surface area contributed by atoms with Gasteiger partial charge in [0, 0.05) is 17.3 Å². The van der Waals surface area contributed by atoms with Gasteiger partial charge in [-0.25, -0.2) is 14.8 Å². The van der Waals surface area contributed by atoms with Crippen LogP contribution in [-0.4, -0.2) is 33.3 Å². The molecular formula is C19H21ClF3N3O3. The predicted octanol–water partition coefficient (Wildman–Crippen LogP) is 5.27. The molecule has 6 nitrogen and oxygen atoms in total. The first-order valence-corrected chi connectivity index (χ1v) is 9.09. The quantitative estimate of drug-likeness (QED) is 0.624. The van der Waals surface area contributed by atoms with Crippen LogP contribution in [0.15, 0.2) is 30.5 Å². The van der Waals surface area contributed by atoms with Gasteiger partial charge in [0.1, 0.15) is 5.75 Å². The van der Waals surface area contributed by atoms with E-state index in [2.05, 4.69) is 15.3 Å². The third kappa shape index (κ3) is 6.77. The second kappa shape index (κ2) is 8.86. The first kappa shape index (κ1) is 22.7. The van der Waals surface area contributed by atoms with E-state index in [-0.39, 0.29) is 23.2 Å². The second-order valence-corrected chi connectivity index (χ2v) is 7.75. The van der Waals surface area contributed by atoms with Crippen molar-refractivity contribution < 1.29 is 27.8 Å². The van der Waals surface area contributed by atoms with Crippen molar-refractivity contribution in [3.05, 3.63) is 41.3 Å². The van der Waals surface area contributed by atoms with Crippen molar-refractivity contribution in [2.45, 2.75) is 38.9 Å². The summed E-state index contributed by atoms with van der Waals surface area (Å²) in [4.78, 5) is 17.6. The molecule has 2 aromatic rings. The molecule has 0 radical (unpaired) electrons. The molecule has 0 saturated carbocycles. The van der Waals surface area contributed by atoms with Gasteiger partial charge in [-0.05, 0) is 50.5 Å². The molecule has 0 aliphatic rings. The lowest BCUT2D eigenvalue weighted by molar-refractivity contribution is -0.144. The molecule has 0 aliphatic carbocycles. The van der Waals surface area contributed by atoms with Crippen LogP contribution < -0.4 is 10.1 Å². The summed E-state index contributed by atoms with van der Waals surface area (Å²) in [6.07, 6.45) is -4.16. The Kier molecular flexibility index (Phi) is 6.94. The summed E-state index contributed by atoms with van der Waals surface area (Å²) in [6.45, 7) is 5.75. The molecule has 158 valence electrons. The van der Waals surface area contributed by atoms with Crippen molar-refractivity contribution >= 4 is 17.7 Å². The fourth-order valence-corrected chi connectivity index (χ4v) is 3.17. The van der Waals surface area contributed by atoms with Crippen LogP contribution in [0.25, 0.3) is 11.3 Å². The third-order valence-electron chi connectivity index (χ3n) is 3.96. The van der Waals surface area contributed by atoms with E-state index in [0.717, 1.165) is 6.20 Å². The Morgan fingerprint density at radius 1 is 1.31 bits per heavy atom. The second-order valence-electron chi connectivity index (χ2n) is 7.34. The Balaban J connectivity index is 2.06. The zero-order chi connectivity index (χ0) is 21.8. The maximum absolute atomic E-state index is 12.8. The molecule has 0 aliphatic heterocycles. The summed E-state index contributed by atoms with van der Waals surface area (Å²) >= 11 is 6.21. The number of hydrogen-bond donors (Lipinski definition) is 2. The summed E-state index contributed by atoms with van der Waals surface area (Å²) in [5, 5.41) is 11.5. The van der Waals surface area contributed by atoms with Crippen LogP contribution in [0, 0.1) is 5.92 Å². The van der Waals surface area contributed by atoms with Crippen LogP contribution in [0.3, 0.4) is 0 Å². The highest BCUT2D eigenvalue weighted by atomic mass is 35.5. The number of carbonyl (C=O) groups is 1. The average molecular weight is 432 g/mol. The van der Waals surface area contributed by atoms with Gasteiger partial charge in [-0.3, -0.25) is 0 Å². The molecule has 1 aromatic heterocycles. The average Bonchev–Trinajstić information content (AvgIpc) is 2.58. The topological polar surface area (TPSA) is 84.3 Å². The minimum Gasteiger partial charge on any atom is -0.492 e. The highest BCUT2D eigenvalue weighted by molar-refractivity contribution is 6.32. The summed E-state index contributed by atoms with van der Waals surface area (Å²) in [7, 11) is 0. The molecule has 2 N–H and O–H groups in total. The van der Waals surface area contributed by atoms with Gasteiger partial charge in [0.25, 0.3) is 0 Å². The number of benzene rings is 1. The van der Waals surface area contributed by atoms with Crippen molar-refractivity contribution in [1.29, 1.82) is 0 Å². The molecule has 1 amide bonds. The molecule has 1 aromatic carbocycles. The molecule has 10 heteroatoms. The largest absolute Gasteiger partial charge is 0.492 e. The van der Waals surface area contributed by atoms with Gasteiger partial charge in [-0.1, -0.05) is 18.5 Å². The summed E-state index contributed by atoms with van der Waals surface area (Å²) < 4.78 is 44.0. The number of rotatable bonds is 7. The zero-order valence-electron chi connectivity index (χ0n) is 16.0. The fraction of sp³-hybridized carbons (Fsp3) is 0.421. The van der Waals surface area contributed by atoms with Crippen molar-refractivity contribution in [3.8, 4) is 17.0 Å². The van der Waals surface area contributed by atoms with Crippen molar-refractivity contribution in [3.63, 3.8) is 0 Å². The number of amides is 1. The van der Waals surface area contributed by atoms with E-state index in [0.29, 0.717) is 17.7 Å². The van der Waals surface area contributed by atoms with E-state index in [9.17, 15) is 18.0 Å². The summed E-state index contributed by atoms with van der Waals surface area (Å²) in [5.74, 6) is -0.835. The van der Waals surface area contributed by atoms with E-state index in [1.54, 1.807) is 26.0 Å². The van der Waals surface area contributed by atoms with E-state index in [1.807, 2.05) is 6.92 Å². The van der Waals surface area contributed by atoms with Crippen LogP contribution in [0.5, 0.6) is 5.75 Å². The van der Waals surface area contributed by atoms with Gasteiger partial charge in [0.05, 0.1) is 17.3 Å². The van der Waals surface area contributed by atoms with E-state index < -0.39 is 23.6 Å². The van der Waals surface area contributed by atoms with Gasteiger partial charge in [0.2, 0.25) is 5.82 Å². The fourth-order valence-electron chi connectivity index (χ4n) is 2.94. The number of nitrogens with one attached hydrogen (secondary N) is 1. The summed E-state index contributed by atoms with van der Waals surface area (Å²) in [6, 6.07) is 5.95. The number of aromatic nitrogens is 2.